The van der Waals surface area contributed by atoms with Gasteiger partial charge in [0.05, 0.1) is 18.3 Å². The third-order valence-corrected chi connectivity index (χ3v) is 2.74. The highest BCUT2D eigenvalue weighted by Crippen LogP contribution is 2.18. The fourth-order valence-corrected chi connectivity index (χ4v) is 1.95. The zero-order valence-electron chi connectivity index (χ0n) is 10.0. The van der Waals surface area contributed by atoms with Gasteiger partial charge < -0.3 is 5.32 Å². The second-order valence-corrected chi connectivity index (χ2v) is 4.19. The zero-order chi connectivity index (χ0) is 12.4. The minimum Gasteiger partial charge on any atom is -0.371 e. The molecule has 6 nitrogen and oxygen atoms in total. The molecule has 0 radical (unpaired) electrons. The first-order chi connectivity index (χ1) is 8.11. The molecule has 0 saturated carbocycles. The van der Waals surface area contributed by atoms with Crippen LogP contribution in [-0.4, -0.2) is 39.1 Å². The van der Waals surface area contributed by atoms with Gasteiger partial charge in [0.1, 0.15) is 6.04 Å². The highest BCUT2D eigenvalue weighted by Gasteiger charge is 2.37. The van der Waals surface area contributed by atoms with Gasteiger partial charge in [-0.1, -0.05) is 6.92 Å². The molecule has 2 amide bonds. The van der Waals surface area contributed by atoms with Crippen molar-refractivity contribution < 1.29 is 9.59 Å². The Morgan fingerprint density at radius 2 is 2.29 bits per heavy atom. The van der Waals surface area contributed by atoms with Crippen molar-refractivity contribution in [3.63, 3.8) is 0 Å². The van der Waals surface area contributed by atoms with Crippen LogP contribution in [0.4, 0.5) is 5.69 Å². The van der Waals surface area contributed by atoms with Gasteiger partial charge in [-0.05, 0) is 6.42 Å². The van der Waals surface area contributed by atoms with Crippen molar-refractivity contribution in [2.75, 3.05) is 11.9 Å². The van der Waals surface area contributed by atoms with Crippen molar-refractivity contribution >= 4 is 17.5 Å². The van der Waals surface area contributed by atoms with Crippen LogP contribution in [-0.2, 0) is 16.6 Å². The number of aryl methyl sites for hydroxylation is 1. The topological polar surface area (TPSA) is 67.2 Å². The van der Waals surface area contributed by atoms with Crippen LogP contribution < -0.4 is 5.32 Å². The van der Waals surface area contributed by atoms with E-state index in [9.17, 15) is 9.59 Å². The molecular weight excluding hydrogens is 220 g/mol. The van der Waals surface area contributed by atoms with Crippen molar-refractivity contribution in [3.8, 4) is 0 Å². The molecule has 1 saturated heterocycles. The molecule has 1 fully saturated rings. The fourth-order valence-electron chi connectivity index (χ4n) is 1.95. The van der Waals surface area contributed by atoms with Crippen molar-refractivity contribution in [1.82, 2.24) is 14.7 Å². The predicted octanol–water partition coefficient (Wildman–Crippen LogP) is 0.369. The fraction of sp³-hybridized carbons (Fsp3) is 0.545. The minimum absolute atomic E-state index is 0.0989. The van der Waals surface area contributed by atoms with E-state index in [-0.39, 0.29) is 18.2 Å². The Bertz CT molecular complexity index is 440. The first kappa shape index (κ1) is 11.6. The Labute approximate surface area is 99.6 Å². The number of hydrogen-bond acceptors (Lipinski definition) is 4. The Balaban J connectivity index is 2.04. The molecule has 1 unspecified atom stereocenters. The van der Waals surface area contributed by atoms with Gasteiger partial charge in [0, 0.05) is 19.8 Å². The predicted molar refractivity (Wildman–Crippen MR) is 62.2 cm³/mol. The Kier molecular flexibility index (Phi) is 3.12. The number of anilines is 1. The average molecular weight is 236 g/mol. The highest BCUT2D eigenvalue weighted by molar-refractivity contribution is 6.06. The normalized spacial score (nSPS) is 20.1. The van der Waals surface area contributed by atoms with Gasteiger partial charge in [-0.25, -0.2) is 0 Å². The molecule has 92 valence electrons. The van der Waals surface area contributed by atoms with E-state index in [0.717, 1.165) is 12.1 Å². The quantitative estimate of drug-likeness (QED) is 0.767. The van der Waals surface area contributed by atoms with E-state index in [1.54, 1.807) is 24.1 Å². The average Bonchev–Trinajstić information content (AvgIpc) is 2.79. The lowest BCUT2D eigenvalue weighted by atomic mass is 10.2. The van der Waals surface area contributed by atoms with Crippen LogP contribution in [0, 0.1) is 0 Å². The number of imide groups is 1. The summed E-state index contributed by atoms with van der Waals surface area (Å²) in [6.45, 7) is 2.45. The summed E-state index contributed by atoms with van der Waals surface area (Å²) >= 11 is 0. The molecule has 1 aromatic heterocycles. The standard InChI is InChI=1S/C11H16N4O2/c1-3-4-15-10(16)5-9(11(15)17)13-8-6-12-14(2)7-8/h6-7,9,13H,3-5H2,1-2H3. The minimum atomic E-state index is -0.446. The number of hydrogen-bond donors (Lipinski definition) is 1. The van der Waals surface area contributed by atoms with Gasteiger partial charge >= 0.3 is 0 Å². The number of carbonyl (C=O) groups is 2. The van der Waals surface area contributed by atoms with Crippen molar-refractivity contribution in [2.24, 2.45) is 7.05 Å². The molecule has 0 aliphatic carbocycles. The summed E-state index contributed by atoms with van der Waals surface area (Å²) in [5, 5.41) is 7.04. The summed E-state index contributed by atoms with van der Waals surface area (Å²) in [6.07, 6.45) is 4.44. The summed E-state index contributed by atoms with van der Waals surface area (Å²) in [6, 6.07) is -0.446. The maximum absolute atomic E-state index is 11.9. The highest BCUT2D eigenvalue weighted by atomic mass is 16.2. The number of carbonyl (C=O) groups excluding carboxylic acids is 2. The van der Waals surface area contributed by atoms with E-state index in [1.807, 2.05) is 6.92 Å². The smallest absolute Gasteiger partial charge is 0.252 e. The van der Waals surface area contributed by atoms with Crippen LogP contribution in [0.2, 0.25) is 0 Å². The lowest BCUT2D eigenvalue weighted by molar-refractivity contribution is -0.138. The maximum Gasteiger partial charge on any atom is 0.252 e. The van der Waals surface area contributed by atoms with Gasteiger partial charge in [0.2, 0.25) is 5.91 Å². The van der Waals surface area contributed by atoms with Crippen LogP contribution in [0.1, 0.15) is 19.8 Å². The van der Waals surface area contributed by atoms with E-state index in [1.165, 1.54) is 4.90 Å². The molecule has 2 heterocycles. The molecular formula is C11H16N4O2. The van der Waals surface area contributed by atoms with Crippen molar-refractivity contribution in [3.05, 3.63) is 12.4 Å². The summed E-state index contributed by atoms with van der Waals surface area (Å²) in [5.41, 5.74) is 0.761. The van der Waals surface area contributed by atoms with Crippen LogP contribution in [0.5, 0.6) is 0 Å². The summed E-state index contributed by atoms with van der Waals surface area (Å²) in [5.74, 6) is -0.237. The van der Waals surface area contributed by atoms with E-state index < -0.39 is 6.04 Å². The van der Waals surface area contributed by atoms with Crippen molar-refractivity contribution in [1.29, 1.82) is 0 Å². The van der Waals surface area contributed by atoms with E-state index in [4.69, 9.17) is 0 Å². The molecule has 1 atom stereocenters. The molecule has 1 aromatic rings. The third kappa shape index (κ3) is 2.30. The van der Waals surface area contributed by atoms with Gasteiger partial charge in [-0.15, -0.1) is 0 Å². The summed E-state index contributed by atoms with van der Waals surface area (Å²) in [7, 11) is 1.80. The van der Waals surface area contributed by atoms with Gasteiger partial charge in [-0.3, -0.25) is 19.2 Å². The Morgan fingerprint density at radius 3 is 2.88 bits per heavy atom. The molecule has 0 bridgehead atoms. The Morgan fingerprint density at radius 1 is 1.53 bits per heavy atom. The molecule has 0 aromatic carbocycles. The van der Waals surface area contributed by atoms with E-state index in [2.05, 4.69) is 10.4 Å². The molecule has 1 N–H and O–H groups in total. The number of likely N-dealkylation sites (tertiary alicyclic amines) is 1. The lowest BCUT2D eigenvalue weighted by Gasteiger charge is -2.14. The van der Waals surface area contributed by atoms with Gasteiger partial charge in [0.15, 0.2) is 0 Å². The molecule has 1 aliphatic heterocycles. The molecule has 6 heteroatoms. The van der Waals surface area contributed by atoms with E-state index in [0.29, 0.717) is 6.54 Å². The number of rotatable bonds is 4. The number of amides is 2. The lowest BCUT2D eigenvalue weighted by Crippen LogP contribution is -2.35. The molecule has 2 rings (SSSR count). The largest absolute Gasteiger partial charge is 0.371 e. The first-order valence-corrected chi connectivity index (χ1v) is 5.71. The summed E-state index contributed by atoms with van der Waals surface area (Å²) < 4.78 is 1.65. The number of nitrogens with zero attached hydrogens (tertiary/aromatic N) is 3. The van der Waals surface area contributed by atoms with Crippen LogP contribution in [0.25, 0.3) is 0 Å². The molecule has 1 aliphatic rings. The van der Waals surface area contributed by atoms with Crippen LogP contribution in [0.15, 0.2) is 12.4 Å². The maximum atomic E-state index is 11.9. The monoisotopic (exact) mass is 236 g/mol. The Hall–Kier alpha value is -1.85. The SMILES string of the molecule is CCCN1C(=O)CC(Nc2cnn(C)c2)C1=O. The second kappa shape index (κ2) is 4.57. The zero-order valence-corrected chi connectivity index (χ0v) is 10.0. The number of nitrogens with one attached hydrogen (secondary N) is 1. The third-order valence-electron chi connectivity index (χ3n) is 2.74. The van der Waals surface area contributed by atoms with Crippen LogP contribution >= 0.6 is 0 Å². The number of aromatic nitrogens is 2. The van der Waals surface area contributed by atoms with Crippen LogP contribution in [0.3, 0.4) is 0 Å². The van der Waals surface area contributed by atoms with Crippen molar-refractivity contribution in [2.45, 2.75) is 25.8 Å². The molecule has 17 heavy (non-hydrogen) atoms. The van der Waals surface area contributed by atoms with Gasteiger partial charge in [0.25, 0.3) is 5.91 Å². The van der Waals surface area contributed by atoms with E-state index >= 15 is 0 Å². The van der Waals surface area contributed by atoms with Gasteiger partial charge in [-0.2, -0.15) is 5.10 Å². The summed E-state index contributed by atoms with van der Waals surface area (Å²) in [4.78, 5) is 24.9. The molecule has 0 spiro atoms. The first-order valence-electron chi connectivity index (χ1n) is 5.71. The second-order valence-electron chi connectivity index (χ2n) is 4.19.